The molecule has 20 heteroatoms. The van der Waals surface area contributed by atoms with E-state index in [0.29, 0.717) is 46.2 Å². The minimum Gasteiger partial charge on any atom is -0.496 e. The van der Waals surface area contributed by atoms with Crippen molar-refractivity contribution in [3.63, 3.8) is 0 Å². The summed E-state index contributed by atoms with van der Waals surface area (Å²) in [7, 11) is 4.82. The van der Waals surface area contributed by atoms with Crippen LogP contribution < -0.4 is 9.47 Å². The van der Waals surface area contributed by atoms with Gasteiger partial charge >= 0.3 is 11.9 Å². The molecule has 83 heavy (non-hydrogen) atoms. The Morgan fingerprint density at radius 1 is 0.554 bits per heavy atom. The molecule has 4 aromatic heterocycles. The van der Waals surface area contributed by atoms with Crippen LogP contribution in [0, 0.1) is 13.8 Å². The number of likely N-dealkylation sites (tertiary alicyclic amines) is 2. The van der Waals surface area contributed by atoms with E-state index < -0.39 is 5.97 Å². The normalized spacial score (nSPS) is 14.8. The first-order valence-electron chi connectivity index (χ1n) is 28.4. The van der Waals surface area contributed by atoms with E-state index in [1.54, 1.807) is 41.0 Å². The van der Waals surface area contributed by atoms with E-state index in [-0.39, 0.29) is 77.2 Å². The second-order valence-electron chi connectivity index (χ2n) is 26.1. The fourth-order valence-electron chi connectivity index (χ4n) is 10.8. The summed E-state index contributed by atoms with van der Waals surface area (Å²) < 4.78 is 21.2. The van der Waals surface area contributed by atoms with Crippen LogP contribution in [0.1, 0.15) is 176 Å². The van der Waals surface area contributed by atoms with Crippen LogP contribution in [0.15, 0.2) is 36.4 Å². The van der Waals surface area contributed by atoms with Crippen molar-refractivity contribution in [2.75, 3.05) is 47.5 Å². The lowest BCUT2D eigenvalue weighted by Gasteiger charge is -2.31. The summed E-state index contributed by atoms with van der Waals surface area (Å²) in [6, 6.07) is 12.2. The lowest BCUT2D eigenvalue weighted by molar-refractivity contribution is -0.140. The predicted octanol–water partition coefficient (Wildman–Crippen LogP) is 13.3. The molecule has 2 aliphatic heterocycles. The van der Waals surface area contributed by atoms with Gasteiger partial charge in [-0.25, -0.2) is 9.97 Å². The Morgan fingerprint density at radius 2 is 0.880 bits per heavy atom. The van der Waals surface area contributed by atoms with Gasteiger partial charge in [0.25, 0.3) is 0 Å². The molecule has 0 spiro atoms. The zero-order valence-electron chi connectivity index (χ0n) is 51.6. The zero-order chi connectivity index (χ0) is 61.3. The lowest BCUT2D eigenvalue weighted by atomic mass is 9.78. The molecule has 2 fully saturated rings. The van der Waals surface area contributed by atoms with Crippen molar-refractivity contribution in [2.24, 2.45) is 0 Å². The maximum absolute atomic E-state index is 13.1. The van der Waals surface area contributed by atoms with Crippen LogP contribution in [0.5, 0.6) is 11.5 Å². The average molecular weight is 1220 g/mol. The van der Waals surface area contributed by atoms with Crippen LogP contribution in [0.2, 0.25) is 8.67 Å². The Bertz CT molecular complexity index is 3260. The molecule has 0 atom stereocenters. The Kier molecular flexibility index (Phi) is 20.1. The molecule has 0 radical (unpaired) electrons. The monoisotopic (exact) mass is 1210 g/mol. The summed E-state index contributed by atoms with van der Waals surface area (Å²) in [4.78, 5) is 62.6. The van der Waals surface area contributed by atoms with Crippen molar-refractivity contribution >= 4 is 69.6 Å². The maximum atomic E-state index is 13.1. The first kappa shape index (κ1) is 64.7. The van der Waals surface area contributed by atoms with Gasteiger partial charge in [-0.2, -0.15) is 10.2 Å². The second kappa shape index (κ2) is 25.8. The highest BCUT2D eigenvalue weighted by atomic mass is 35.5. The van der Waals surface area contributed by atoms with Gasteiger partial charge < -0.3 is 29.1 Å². The summed E-state index contributed by atoms with van der Waals surface area (Å²) in [5, 5.41) is 19.8. The smallest absolute Gasteiger partial charge is 0.311 e. The topological polar surface area (TPSA) is 184 Å². The van der Waals surface area contributed by atoms with Crippen LogP contribution in [0.4, 0.5) is 0 Å². The van der Waals surface area contributed by atoms with Gasteiger partial charge in [-0.05, 0) is 97.6 Å². The molecule has 2 amide bonds. The molecule has 6 heterocycles. The second-order valence-corrected chi connectivity index (χ2v) is 29.3. The Balaban J connectivity index is 0.000000239. The molecule has 1 N–H and O–H groups in total. The number of hydrogen-bond acceptors (Lipinski definition) is 13. The number of aliphatic carboxylic acids is 1. The number of thiazole rings is 2. The van der Waals surface area contributed by atoms with Crippen LogP contribution >= 0.6 is 45.9 Å². The molecule has 0 aliphatic carbocycles. The number of aromatic nitrogens is 6. The molecule has 2 saturated heterocycles. The van der Waals surface area contributed by atoms with Gasteiger partial charge in [0.15, 0.2) is 0 Å². The molecule has 0 unspecified atom stereocenters. The predicted molar refractivity (Wildman–Crippen MR) is 331 cm³/mol. The Hall–Kier alpha value is -5.82. The fraction of sp³-hybridized carbons (Fsp3) is 0.556. The number of hydrogen-bond donors (Lipinski definition) is 1. The van der Waals surface area contributed by atoms with Crippen LogP contribution in [0.3, 0.4) is 0 Å². The third-order valence-corrected chi connectivity index (χ3v) is 18.3. The van der Waals surface area contributed by atoms with E-state index in [2.05, 4.69) is 118 Å². The van der Waals surface area contributed by atoms with Gasteiger partial charge in [0, 0.05) is 82.8 Å². The number of piperidine rings is 2. The molecule has 16 nitrogen and oxygen atoms in total. The van der Waals surface area contributed by atoms with E-state index >= 15 is 0 Å². The minimum atomic E-state index is -0.940. The molecule has 450 valence electrons. The van der Waals surface area contributed by atoms with Gasteiger partial charge in [0.1, 0.15) is 44.6 Å². The summed E-state index contributed by atoms with van der Waals surface area (Å²) >= 11 is 16.8. The number of carboxylic acids is 1. The number of aryl methyl sites for hydroxylation is 2. The highest BCUT2D eigenvalue weighted by Gasteiger charge is 2.34. The average Bonchev–Trinajstić information content (AvgIpc) is 4.14. The molecule has 2 aliphatic rings. The number of esters is 1. The number of rotatable bonds is 14. The number of amides is 2. The van der Waals surface area contributed by atoms with Crippen LogP contribution in [-0.4, -0.2) is 116 Å². The van der Waals surface area contributed by atoms with E-state index in [4.69, 9.17) is 52.5 Å². The fourth-order valence-corrected chi connectivity index (χ4v) is 13.5. The SMILES string of the molecule is COC(=O)Cc1cc(C)n(CC(=O)N2CCC(c3nc(-c4cc(C(C)(C)C)c(OC)c(C(C)(C)C)c4)c(Cl)s3)CC2)n1.COc1c(C(C)(C)C)cc(-c2nc(C3CCN(C(=O)Cn4nc(CC(=O)O)cc4C)CC3)sc2Cl)cc1C(C)(C)C. The molecule has 0 saturated carbocycles. The number of ether oxygens (including phenoxy) is 3. The summed E-state index contributed by atoms with van der Waals surface area (Å²) in [6.45, 7) is 32.8. The molecular formula is C63H84Cl2N8O8S2. The maximum Gasteiger partial charge on any atom is 0.311 e. The first-order valence-corrected chi connectivity index (χ1v) is 30.8. The number of carbonyl (C=O) groups is 4. The molecule has 2 aromatic carbocycles. The molecular weight excluding hydrogens is 1130 g/mol. The number of carbonyl (C=O) groups excluding carboxylic acids is 3. The van der Waals surface area contributed by atoms with Crippen molar-refractivity contribution in [3.8, 4) is 34.0 Å². The van der Waals surface area contributed by atoms with E-state index in [0.717, 1.165) is 103 Å². The van der Waals surface area contributed by atoms with Gasteiger partial charge in [-0.1, -0.05) is 106 Å². The number of nitrogens with zero attached hydrogens (tertiary/aromatic N) is 8. The van der Waals surface area contributed by atoms with Gasteiger partial charge in [-0.15, -0.1) is 22.7 Å². The largest absolute Gasteiger partial charge is 0.496 e. The Morgan fingerprint density at radius 3 is 1.17 bits per heavy atom. The van der Waals surface area contributed by atoms with Gasteiger partial charge in [0.2, 0.25) is 11.8 Å². The first-order chi connectivity index (χ1) is 38.7. The van der Waals surface area contributed by atoms with E-state index in [9.17, 15) is 19.2 Å². The van der Waals surface area contributed by atoms with Crippen molar-refractivity contribution in [1.29, 1.82) is 0 Å². The van der Waals surface area contributed by atoms with Crippen molar-refractivity contribution in [1.82, 2.24) is 39.3 Å². The Labute approximate surface area is 508 Å². The van der Waals surface area contributed by atoms with E-state index in [1.165, 1.54) is 18.4 Å². The highest BCUT2D eigenvalue weighted by Crippen LogP contribution is 2.48. The number of carboxylic acid groups (broad SMARTS) is 1. The third-order valence-electron chi connectivity index (χ3n) is 15.5. The summed E-state index contributed by atoms with van der Waals surface area (Å²) in [5.41, 5.74) is 10.3. The van der Waals surface area contributed by atoms with Gasteiger partial charge in [-0.3, -0.25) is 28.5 Å². The van der Waals surface area contributed by atoms with Crippen LogP contribution in [0.25, 0.3) is 22.5 Å². The molecule has 6 aromatic rings. The van der Waals surface area contributed by atoms with Crippen molar-refractivity contribution in [2.45, 2.75) is 182 Å². The standard InChI is InChI=1S/C32H43ClN4O4S.C31H41ClN4O4S/c1-19-14-22(17-26(39)40-8)35-37(19)18-25(38)36-12-10-20(11-13-36)30-34-27(29(33)42-30)21-15-23(31(2,3)4)28(41-9)24(16-21)32(5,6)7;1-18-13-21(16-25(38)39)34-36(18)17-24(37)35-11-9-19(10-12-35)29-33-26(28(32)41-29)20-14-22(30(2,3)4)27(40-8)23(15-20)31(5,6)7/h14-16,20H,10-13,17-18H2,1-9H3;13-15,19H,9-12,16-17H2,1-8H3,(H,38,39). The quantitative estimate of drug-likeness (QED) is 0.102. The number of benzene rings is 2. The third kappa shape index (κ3) is 15.6. The molecule has 0 bridgehead atoms. The van der Waals surface area contributed by atoms with Crippen LogP contribution in [-0.2, 0) is 71.5 Å². The zero-order valence-corrected chi connectivity index (χ0v) is 54.7. The van der Waals surface area contributed by atoms with Gasteiger partial charge in [0.05, 0.1) is 55.6 Å². The van der Waals surface area contributed by atoms with Crippen molar-refractivity contribution < 1.29 is 38.5 Å². The number of methoxy groups -OCH3 is 3. The lowest BCUT2D eigenvalue weighted by Crippen LogP contribution is -2.40. The highest BCUT2D eigenvalue weighted by molar-refractivity contribution is 7.16. The summed E-state index contributed by atoms with van der Waals surface area (Å²) in [5.74, 6) is 1.02. The minimum absolute atomic E-state index is 0.0166. The summed E-state index contributed by atoms with van der Waals surface area (Å²) in [6.07, 6.45) is 3.19. The number of halogens is 2. The van der Waals surface area contributed by atoms with Crippen molar-refractivity contribution in [3.05, 3.63) is 100 Å². The van der Waals surface area contributed by atoms with E-state index in [1.807, 2.05) is 29.7 Å². The molecule has 8 rings (SSSR count).